The SMILES string of the molecule is Cc1ccccc1NC(=O)Nc1ccc(N2CCCCC2=O)c(C)c1. The molecule has 1 heterocycles. The molecule has 1 aliphatic heterocycles. The van der Waals surface area contributed by atoms with Gasteiger partial charge < -0.3 is 15.5 Å². The van der Waals surface area contributed by atoms with Crippen molar-refractivity contribution in [2.45, 2.75) is 33.1 Å². The highest BCUT2D eigenvalue weighted by Crippen LogP contribution is 2.27. The first-order chi connectivity index (χ1) is 12.0. The van der Waals surface area contributed by atoms with E-state index in [4.69, 9.17) is 0 Å². The molecule has 0 spiro atoms. The Bertz CT molecular complexity index is 801. The number of para-hydroxylation sites is 1. The van der Waals surface area contributed by atoms with Crippen LogP contribution < -0.4 is 15.5 Å². The Labute approximate surface area is 148 Å². The fourth-order valence-corrected chi connectivity index (χ4v) is 3.09. The number of nitrogens with one attached hydrogen (secondary N) is 2. The number of piperidine rings is 1. The van der Waals surface area contributed by atoms with Gasteiger partial charge >= 0.3 is 6.03 Å². The van der Waals surface area contributed by atoms with Crippen LogP contribution in [0.4, 0.5) is 21.9 Å². The molecule has 1 aliphatic rings. The predicted molar refractivity (Wildman–Crippen MR) is 101 cm³/mol. The minimum atomic E-state index is -0.282. The first-order valence-corrected chi connectivity index (χ1v) is 8.59. The molecule has 0 aromatic heterocycles. The molecule has 3 amide bonds. The third kappa shape index (κ3) is 3.99. The summed E-state index contributed by atoms with van der Waals surface area (Å²) in [5.74, 6) is 0.173. The maximum absolute atomic E-state index is 12.2. The monoisotopic (exact) mass is 337 g/mol. The minimum Gasteiger partial charge on any atom is -0.312 e. The third-order valence-corrected chi connectivity index (χ3v) is 4.46. The lowest BCUT2D eigenvalue weighted by molar-refractivity contribution is -0.119. The van der Waals surface area contributed by atoms with Gasteiger partial charge in [0.05, 0.1) is 0 Å². The molecule has 0 aliphatic carbocycles. The molecule has 0 bridgehead atoms. The van der Waals surface area contributed by atoms with Gasteiger partial charge in [0.25, 0.3) is 0 Å². The smallest absolute Gasteiger partial charge is 0.312 e. The van der Waals surface area contributed by atoms with Crippen molar-refractivity contribution in [2.24, 2.45) is 0 Å². The van der Waals surface area contributed by atoms with Gasteiger partial charge in [-0.25, -0.2) is 4.79 Å². The molecule has 0 saturated carbocycles. The molecule has 2 aromatic carbocycles. The molecule has 130 valence electrons. The maximum Gasteiger partial charge on any atom is 0.323 e. The van der Waals surface area contributed by atoms with Crippen molar-refractivity contribution >= 4 is 29.0 Å². The summed E-state index contributed by atoms with van der Waals surface area (Å²) in [5, 5.41) is 5.69. The van der Waals surface area contributed by atoms with Crippen LogP contribution in [0.2, 0.25) is 0 Å². The quantitative estimate of drug-likeness (QED) is 0.868. The summed E-state index contributed by atoms with van der Waals surface area (Å²) in [4.78, 5) is 26.1. The van der Waals surface area contributed by atoms with Crippen molar-refractivity contribution in [2.75, 3.05) is 22.1 Å². The van der Waals surface area contributed by atoms with Crippen molar-refractivity contribution in [1.29, 1.82) is 0 Å². The van der Waals surface area contributed by atoms with Crippen LogP contribution in [0.1, 0.15) is 30.4 Å². The molecule has 0 unspecified atom stereocenters. The Hall–Kier alpha value is -2.82. The zero-order chi connectivity index (χ0) is 17.8. The van der Waals surface area contributed by atoms with Crippen LogP contribution in [0.3, 0.4) is 0 Å². The fourth-order valence-electron chi connectivity index (χ4n) is 3.09. The normalized spacial score (nSPS) is 14.3. The number of rotatable bonds is 3. The summed E-state index contributed by atoms with van der Waals surface area (Å²) in [6, 6.07) is 13.0. The van der Waals surface area contributed by atoms with Crippen molar-refractivity contribution in [3.63, 3.8) is 0 Å². The van der Waals surface area contributed by atoms with Gasteiger partial charge in [-0.05, 0) is 62.1 Å². The van der Waals surface area contributed by atoms with Crippen molar-refractivity contribution in [3.8, 4) is 0 Å². The third-order valence-electron chi connectivity index (χ3n) is 4.46. The zero-order valence-corrected chi connectivity index (χ0v) is 14.6. The lowest BCUT2D eigenvalue weighted by atomic mass is 10.1. The van der Waals surface area contributed by atoms with E-state index in [0.717, 1.165) is 41.9 Å². The molecular weight excluding hydrogens is 314 g/mol. The number of hydrogen-bond donors (Lipinski definition) is 2. The molecule has 5 nitrogen and oxygen atoms in total. The predicted octanol–water partition coefficient (Wildman–Crippen LogP) is 4.46. The second kappa shape index (κ2) is 7.38. The van der Waals surface area contributed by atoms with Gasteiger partial charge in [-0.2, -0.15) is 0 Å². The fraction of sp³-hybridized carbons (Fsp3) is 0.300. The van der Waals surface area contributed by atoms with E-state index in [-0.39, 0.29) is 11.9 Å². The Morgan fingerprint density at radius 2 is 1.80 bits per heavy atom. The lowest BCUT2D eigenvalue weighted by Gasteiger charge is -2.28. The first kappa shape index (κ1) is 17.0. The number of urea groups is 1. The summed E-state index contributed by atoms with van der Waals surface area (Å²) in [6.45, 7) is 4.67. The van der Waals surface area contributed by atoms with Crippen LogP contribution in [0.25, 0.3) is 0 Å². The highest BCUT2D eigenvalue weighted by molar-refractivity contribution is 6.01. The molecule has 1 fully saturated rings. The van der Waals surface area contributed by atoms with Crippen LogP contribution in [0.15, 0.2) is 42.5 Å². The largest absolute Gasteiger partial charge is 0.323 e. The van der Waals surface area contributed by atoms with E-state index in [0.29, 0.717) is 12.1 Å². The van der Waals surface area contributed by atoms with Crippen molar-refractivity contribution < 1.29 is 9.59 Å². The van der Waals surface area contributed by atoms with E-state index < -0.39 is 0 Å². The van der Waals surface area contributed by atoms with Gasteiger partial charge in [0.1, 0.15) is 0 Å². The average molecular weight is 337 g/mol. The van der Waals surface area contributed by atoms with Crippen molar-refractivity contribution in [1.82, 2.24) is 0 Å². The highest BCUT2D eigenvalue weighted by Gasteiger charge is 2.21. The van der Waals surface area contributed by atoms with E-state index in [9.17, 15) is 9.59 Å². The number of hydrogen-bond acceptors (Lipinski definition) is 2. The molecule has 2 aromatic rings. The van der Waals surface area contributed by atoms with Crippen LogP contribution >= 0.6 is 0 Å². The van der Waals surface area contributed by atoms with E-state index in [1.165, 1.54) is 0 Å². The van der Waals surface area contributed by atoms with Crippen LogP contribution in [0.5, 0.6) is 0 Å². The van der Waals surface area contributed by atoms with Crippen LogP contribution in [-0.2, 0) is 4.79 Å². The standard InChI is InChI=1S/C20H23N3O2/c1-14-7-3-4-8-17(14)22-20(25)21-16-10-11-18(15(2)13-16)23-12-6-5-9-19(23)24/h3-4,7-8,10-11,13H,5-6,9,12H2,1-2H3,(H2,21,22,25). The van der Waals surface area contributed by atoms with E-state index in [1.54, 1.807) is 0 Å². The van der Waals surface area contributed by atoms with Crippen molar-refractivity contribution in [3.05, 3.63) is 53.6 Å². The Morgan fingerprint density at radius 1 is 1.00 bits per heavy atom. The first-order valence-electron chi connectivity index (χ1n) is 8.59. The molecule has 25 heavy (non-hydrogen) atoms. The van der Waals surface area contributed by atoms with Gasteiger partial charge in [0.15, 0.2) is 0 Å². The van der Waals surface area contributed by atoms with Gasteiger partial charge in [-0.3, -0.25) is 4.79 Å². The number of amides is 3. The summed E-state index contributed by atoms with van der Waals surface area (Å²) >= 11 is 0. The van der Waals surface area contributed by atoms with Crippen LogP contribution in [-0.4, -0.2) is 18.5 Å². The molecule has 0 radical (unpaired) electrons. The molecule has 0 atom stereocenters. The van der Waals surface area contributed by atoms with Gasteiger partial charge in [0, 0.05) is 30.0 Å². The average Bonchev–Trinajstić information content (AvgIpc) is 2.58. The molecule has 2 N–H and O–H groups in total. The number of benzene rings is 2. The Morgan fingerprint density at radius 3 is 2.52 bits per heavy atom. The van der Waals surface area contributed by atoms with E-state index in [2.05, 4.69) is 10.6 Å². The minimum absolute atomic E-state index is 0.173. The molecular formula is C20H23N3O2. The Kier molecular flexibility index (Phi) is 5.03. The molecule has 1 saturated heterocycles. The number of anilines is 3. The Balaban J connectivity index is 1.69. The molecule has 5 heteroatoms. The highest BCUT2D eigenvalue weighted by atomic mass is 16.2. The van der Waals surface area contributed by atoms with E-state index >= 15 is 0 Å². The summed E-state index contributed by atoms with van der Waals surface area (Å²) in [7, 11) is 0. The molecule has 3 rings (SSSR count). The van der Waals surface area contributed by atoms with Gasteiger partial charge in [0.2, 0.25) is 5.91 Å². The second-order valence-corrected chi connectivity index (χ2v) is 6.40. The summed E-state index contributed by atoms with van der Waals surface area (Å²) < 4.78 is 0. The van der Waals surface area contributed by atoms with Crippen LogP contribution in [0, 0.1) is 13.8 Å². The van der Waals surface area contributed by atoms with E-state index in [1.807, 2.05) is 61.2 Å². The number of nitrogens with zero attached hydrogens (tertiary/aromatic N) is 1. The van der Waals surface area contributed by atoms with Gasteiger partial charge in [-0.1, -0.05) is 18.2 Å². The zero-order valence-electron chi connectivity index (χ0n) is 14.6. The number of carbonyl (C=O) groups excluding carboxylic acids is 2. The maximum atomic E-state index is 12.2. The summed E-state index contributed by atoms with van der Waals surface area (Å²) in [5.41, 5.74) is 4.40. The number of carbonyl (C=O) groups is 2. The topological polar surface area (TPSA) is 61.4 Å². The van der Waals surface area contributed by atoms with Gasteiger partial charge in [-0.15, -0.1) is 0 Å². The number of aryl methyl sites for hydroxylation is 2. The second-order valence-electron chi connectivity index (χ2n) is 6.40. The lowest BCUT2D eigenvalue weighted by Crippen LogP contribution is -2.35. The summed E-state index contributed by atoms with van der Waals surface area (Å²) in [6.07, 6.45) is 2.61.